The summed E-state index contributed by atoms with van der Waals surface area (Å²) in [7, 11) is 0. The Morgan fingerprint density at radius 3 is 2.88 bits per heavy atom. The molecule has 7 nitrogen and oxygen atoms in total. The quantitative estimate of drug-likeness (QED) is 0.750. The molecule has 0 aliphatic carbocycles. The molecule has 2 aliphatic rings. The summed E-state index contributed by atoms with van der Waals surface area (Å²) in [5, 5.41) is 12.1. The van der Waals surface area contributed by atoms with Crippen LogP contribution in [0.25, 0.3) is 10.9 Å². The molecule has 2 fully saturated rings. The van der Waals surface area contributed by atoms with Crippen LogP contribution in [0, 0.1) is 11.3 Å². The molecule has 0 saturated carbocycles. The number of hydrogen-bond acceptors (Lipinski definition) is 6. The molecule has 0 bridgehead atoms. The Hall–Kier alpha value is -3.00. The summed E-state index contributed by atoms with van der Waals surface area (Å²) in [6.45, 7) is 0.00321. The maximum absolute atomic E-state index is 13.4. The molecule has 11 heteroatoms. The third-order valence-corrected chi connectivity index (χ3v) is 6.70. The van der Waals surface area contributed by atoms with E-state index < -0.39 is 24.2 Å². The minimum absolute atomic E-state index is 0.0303. The number of anilines is 1. The Labute approximate surface area is 186 Å². The summed E-state index contributed by atoms with van der Waals surface area (Å²) < 4.78 is 40.2. The monoisotopic (exact) mass is 463 g/mol. The average molecular weight is 463 g/mol. The van der Waals surface area contributed by atoms with E-state index in [4.69, 9.17) is 5.26 Å². The molecule has 3 heterocycles. The van der Waals surface area contributed by atoms with E-state index in [1.807, 2.05) is 0 Å². The number of thioether (sulfide) groups is 1. The molecule has 1 N–H and O–H groups in total. The third kappa shape index (κ3) is 4.32. The van der Waals surface area contributed by atoms with E-state index >= 15 is 0 Å². The van der Waals surface area contributed by atoms with Crippen molar-refractivity contribution in [2.45, 2.75) is 31.1 Å². The molecule has 4 rings (SSSR count). The molecule has 2 saturated heterocycles. The number of pyridine rings is 1. The maximum Gasteiger partial charge on any atom is 0.408 e. The summed E-state index contributed by atoms with van der Waals surface area (Å²) in [6.07, 6.45) is -2.43. The highest BCUT2D eigenvalue weighted by atomic mass is 32.2. The minimum atomic E-state index is -4.34. The summed E-state index contributed by atoms with van der Waals surface area (Å²) in [5.41, 5.74) is 1.07. The fourth-order valence-corrected chi connectivity index (χ4v) is 5.18. The summed E-state index contributed by atoms with van der Waals surface area (Å²) >= 11 is 1.47. The second-order valence-electron chi connectivity index (χ2n) is 7.64. The van der Waals surface area contributed by atoms with Crippen molar-refractivity contribution in [2.24, 2.45) is 0 Å². The molecule has 0 radical (unpaired) electrons. The zero-order valence-electron chi connectivity index (χ0n) is 16.9. The van der Waals surface area contributed by atoms with Gasteiger partial charge in [-0.2, -0.15) is 18.4 Å². The number of alkyl halides is 3. The lowest BCUT2D eigenvalue weighted by atomic mass is 10.1. The summed E-state index contributed by atoms with van der Waals surface area (Å²) in [6, 6.07) is 6.19. The second-order valence-corrected chi connectivity index (χ2v) is 8.64. The topological polar surface area (TPSA) is 89.3 Å². The van der Waals surface area contributed by atoms with Crippen molar-refractivity contribution in [1.82, 2.24) is 15.2 Å². The van der Waals surface area contributed by atoms with E-state index in [0.717, 1.165) is 0 Å². The normalized spacial score (nSPS) is 21.1. The average Bonchev–Trinajstić information content (AvgIpc) is 3.46. The molecule has 1 aromatic carbocycles. The van der Waals surface area contributed by atoms with Gasteiger partial charge in [-0.1, -0.05) is 0 Å². The number of benzene rings is 1. The van der Waals surface area contributed by atoms with E-state index in [9.17, 15) is 22.8 Å². The van der Waals surface area contributed by atoms with Crippen molar-refractivity contribution in [2.75, 3.05) is 29.6 Å². The molecular weight excluding hydrogens is 443 g/mol. The Balaban J connectivity index is 1.55. The molecule has 32 heavy (non-hydrogen) atoms. The number of hydrogen-bond donors (Lipinski definition) is 1. The number of aromatic nitrogens is 1. The van der Waals surface area contributed by atoms with Gasteiger partial charge in [0, 0.05) is 29.6 Å². The van der Waals surface area contributed by atoms with Crippen LogP contribution in [0.4, 0.5) is 18.9 Å². The number of carbonyl (C=O) groups is 2. The number of amides is 2. The van der Waals surface area contributed by atoms with Crippen LogP contribution < -0.4 is 10.2 Å². The molecule has 2 aliphatic heterocycles. The smallest absolute Gasteiger partial charge is 0.360 e. The van der Waals surface area contributed by atoms with Crippen LogP contribution >= 0.6 is 11.8 Å². The Morgan fingerprint density at radius 2 is 2.12 bits per heavy atom. The SMILES string of the molecule is N#C[C@@H]1CSCN1C(=O)CNC(=O)c1ccnc2ccc(N3CCC[C@H]3C(F)(F)F)cc12. The lowest BCUT2D eigenvalue weighted by molar-refractivity contribution is -0.146. The van der Waals surface area contributed by atoms with Crippen molar-refractivity contribution in [3.8, 4) is 6.07 Å². The molecule has 1 aromatic heterocycles. The van der Waals surface area contributed by atoms with Gasteiger partial charge in [0.05, 0.1) is 29.6 Å². The molecule has 2 aromatic rings. The van der Waals surface area contributed by atoms with Gasteiger partial charge in [0.15, 0.2) is 0 Å². The number of carbonyl (C=O) groups excluding carboxylic acids is 2. The fourth-order valence-electron chi connectivity index (χ4n) is 4.07. The van der Waals surface area contributed by atoms with E-state index in [1.165, 1.54) is 33.8 Å². The van der Waals surface area contributed by atoms with Crippen LogP contribution in [0.1, 0.15) is 23.2 Å². The van der Waals surface area contributed by atoms with Gasteiger partial charge in [-0.15, -0.1) is 11.8 Å². The van der Waals surface area contributed by atoms with Crippen LogP contribution in [-0.4, -0.2) is 64.7 Å². The molecule has 2 atom stereocenters. The fraction of sp³-hybridized carbons (Fsp3) is 0.429. The first kappa shape index (κ1) is 22.2. The van der Waals surface area contributed by atoms with Gasteiger partial charge in [-0.25, -0.2) is 0 Å². The second kappa shape index (κ2) is 8.86. The Morgan fingerprint density at radius 1 is 1.31 bits per heavy atom. The van der Waals surface area contributed by atoms with E-state index in [-0.39, 0.29) is 31.0 Å². The largest absolute Gasteiger partial charge is 0.408 e. The highest BCUT2D eigenvalue weighted by molar-refractivity contribution is 7.99. The Kier molecular flexibility index (Phi) is 6.15. The number of nitriles is 1. The maximum atomic E-state index is 13.4. The minimum Gasteiger partial charge on any atom is -0.360 e. The van der Waals surface area contributed by atoms with Crippen molar-refractivity contribution in [3.63, 3.8) is 0 Å². The van der Waals surface area contributed by atoms with Crippen molar-refractivity contribution < 1.29 is 22.8 Å². The lowest BCUT2D eigenvalue weighted by Crippen LogP contribution is -2.42. The number of halogens is 3. The first-order chi connectivity index (χ1) is 15.3. The van der Waals surface area contributed by atoms with Crippen LogP contribution in [0.2, 0.25) is 0 Å². The van der Waals surface area contributed by atoms with Gasteiger partial charge in [0.2, 0.25) is 5.91 Å². The number of rotatable bonds is 4. The van der Waals surface area contributed by atoms with E-state index in [2.05, 4.69) is 16.4 Å². The van der Waals surface area contributed by atoms with E-state index in [1.54, 1.807) is 18.2 Å². The number of nitrogens with zero attached hydrogens (tertiary/aromatic N) is 4. The molecule has 0 spiro atoms. The van der Waals surface area contributed by atoms with Gasteiger partial charge in [0.1, 0.15) is 12.1 Å². The number of fused-ring (bicyclic) bond motifs is 1. The standard InChI is InChI=1S/C21H20F3N5O2S/c22-21(23,24)18-2-1-7-28(18)13-3-4-17-16(8-13)15(5-6-26-17)20(31)27-10-19(30)29-12-32-11-14(29)9-25/h3-6,8,14,18H,1-2,7,10-12H2,(H,27,31)/t14-,18+/m1/s1. The van der Waals surface area contributed by atoms with Crippen molar-refractivity contribution >= 4 is 40.2 Å². The lowest BCUT2D eigenvalue weighted by Gasteiger charge is -2.28. The van der Waals surface area contributed by atoms with Gasteiger partial charge in [-0.05, 0) is 37.1 Å². The third-order valence-electron chi connectivity index (χ3n) is 5.68. The molecule has 168 valence electrons. The zero-order valence-corrected chi connectivity index (χ0v) is 17.7. The number of nitrogens with one attached hydrogen (secondary N) is 1. The first-order valence-electron chi connectivity index (χ1n) is 10.1. The van der Waals surface area contributed by atoms with Crippen LogP contribution in [0.15, 0.2) is 30.5 Å². The predicted molar refractivity (Wildman–Crippen MR) is 114 cm³/mol. The molecule has 0 unspecified atom stereocenters. The van der Waals surface area contributed by atoms with Gasteiger partial charge in [-0.3, -0.25) is 14.6 Å². The predicted octanol–water partition coefficient (Wildman–Crippen LogP) is 2.92. The molecular formula is C21H20F3N5O2S. The highest BCUT2D eigenvalue weighted by Gasteiger charge is 2.46. The van der Waals surface area contributed by atoms with Crippen LogP contribution in [0.3, 0.4) is 0 Å². The first-order valence-corrected chi connectivity index (χ1v) is 11.2. The summed E-state index contributed by atoms with van der Waals surface area (Å²) in [5.74, 6) is 0.0322. The van der Waals surface area contributed by atoms with Gasteiger partial charge < -0.3 is 15.1 Å². The van der Waals surface area contributed by atoms with E-state index in [0.29, 0.717) is 34.6 Å². The highest BCUT2D eigenvalue weighted by Crippen LogP contribution is 2.37. The van der Waals surface area contributed by atoms with Gasteiger partial charge >= 0.3 is 6.18 Å². The zero-order chi connectivity index (χ0) is 22.9. The Bertz CT molecular complexity index is 1090. The van der Waals surface area contributed by atoms with Crippen molar-refractivity contribution in [3.05, 3.63) is 36.0 Å². The van der Waals surface area contributed by atoms with Crippen molar-refractivity contribution in [1.29, 1.82) is 5.26 Å². The molecule has 2 amide bonds. The van der Waals surface area contributed by atoms with Crippen LogP contribution in [0.5, 0.6) is 0 Å². The van der Waals surface area contributed by atoms with Crippen LogP contribution in [-0.2, 0) is 4.79 Å². The van der Waals surface area contributed by atoms with Gasteiger partial charge in [0.25, 0.3) is 5.91 Å². The summed E-state index contributed by atoms with van der Waals surface area (Å²) in [4.78, 5) is 32.1.